The summed E-state index contributed by atoms with van der Waals surface area (Å²) in [5.41, 5.74) is 0. The van der Waals surface area contributed by atoms with Gasteiger partial charge >= 0.3 is 0 Å². The van der Waals surface area contributed by atoms with Crippen molar-refractivity contribution >= 4 is 11.6 Å². The lowest BCUT2D eigenvalue weighted by molar-refractivity contribution is -0.120. The Morgan fingerprint density at radius 1 is 1.36 bits per heavy atom. The van der Waals surface area contributed by atoms with Gasteiger partial charge in [0.2, 0.25) is 5.78 Å². The first-order chi connectivity index (χ1) is 6.65. The van der Waals surface area contributed by atoms with Crippen molar-refractivity contribution in [3.63, 3.8) is 0 Å². The van der Waals surface area contributed by atoms with Crippen LogP contribution in [0.2, 0.25) is 0 Å². The van der Waals surface area contributed by atoms with Crippen LogP contribution in [0.25, 0.3) is 0 Å². The molecule has 1 rings (SSSR count). The Morgan fingerprint density at radius 3 is 2.71 bits per heavy atom. The Morgan fingerprint density at radius 2 is 2.07 bits per heavy atom. The molecule has 0 aromatic heterocycles. The molecule has 0 fully saturated rings. The molecule has 1 unspecified atom stereocenters. The summed E-state index contributed by atoms with van der Waals surface area (Å²) in [6.07, 6.45) is 1.70. The fourth-order valence-corrected chi connectivity index (χ4v) is 0.921. The molecule has 0 aromatic carbocycles. The molecule has 0 saturated heterocycles. The smallest absolute Gasteiger partial charge is 0.220 e. The number of rotatable bonds is 3. The number of hydrogen-bond donors (Lipinski definition) is 2. The molecule has 5 heteroatoms. The summed E-state index contributed by atoms with van der Waals surface area (Å²) in [5, 5.41) is 17.6. The standard InChI is InChI=1S/C9H10O5/c10-3-4-14-9-5-8(13)6(11)1-2-7(9)12/h1-2,5,8,10,13H,3-4H2. The van der Waals surface area contributed by atoms with Gasteiger partial charge in [-0.3, -0.25) is 9.59 Å². The maximum Gasteiger partial charge on any atom is 0.220 e. The minimum Gasteiger partial charge on any atom is -0.487 e. The van der Waals surface area contributed by atoms with Crippen LogP contribution in [0.4, 0.5) is 0 Å². The van der Waals surface area contributed by atoms with E-state index >= 15 is 0 Å². The van der Waals surface area contributed by atoms with Crippen LogP contribution in [0.15, 0.2) is 24.0 Å². The zero-order valence-electron chi connectivity index (χ0n) is 7.34. The molecule has 1 aliphatic rings. The van der Waals surface area contributed by atoms with Crippen molar-refractivity contribution in [2.45, 2.75) is 6.10 Å². The Hall–Kier alpha value is -1.46. The molecule has 0 bridgehead atoms. The van der Waals surface area contributed by atoms with Crippen molar-refractivity contribution in [2.75, 3.05) is 13.2 Å². The molecule has 5 nitrogen and oxygen atoms in total. The first-order valence-electron chi connectivity index (χ1n) is 4.05. The Labute approximate surface area is 80.3 Å². The van der Waals surface area contributed by atoms with E-state index < -0.39 is 17.7 Å². The molecular formula is C9H10O5. The monoisotopic (exact) mass is 198 g/mol. The molecule has 0 radical (unpaired) electrons. The van der Waals surface area contributed by atoms with Crippen molar-refractivity contribution in [3.05, 3.63) is 24.0 Å². The zero-order chi connectivity index (χ0) is 10.6. The second kappa shape index (κ2) is 4.69. The summed E-state index contributed by atoms with van der Waals surface area (Å²) in [6, 6.07) is 0. The molecule has 76 valence electrons. The molecule has 0 amide bonds. The van der Waals surface area contributed by atoms with Crippen LogP contribution in [0, 0.1) is 0 Å². The molecule has 1 atom stereocenters. The molecule has 0 spiro atoms. The second-order valence-electron chi connectivity index (χ2n) is 2.65. The van der Waals surface area contributed by atoms with Crippen molar-refractivity contribution in [3.8, 4) is 0 Å². The number of carbonyl (C=O) groups is 2. The molecule has 1 aliphatic carbocycles. The van der Waals surface area contributed by atoms with Crippen LogP contribution in [0.3, 0.4) is 0 Å². The highest BCUT2D eigenvalue weighted by Crippen LogP contribution is 2.08. The second-order valence-corrected chi connectivity index (χ2v) is 2.65. The number of aliphatic hydroxyl groups is 2. The third kappa shape index (κ3) is 2.51. The predicted molar refractivity (Wildman–Crippen MR) is 46.3 cm³/mol. The van der Waals surface area contributed by atoms with Crippen molar-refractivity contribution in [2.24, 2.45) is 0 Å². The van der Waals surface area contributed by atoms with Gasteiger partial charge < -0.3 is 14.9 Å². The lowest BCUT2D eigenvalue weighted by Crippen LogP contribution is -2.15. The normalized spacial score (nSPS) is 21.9. The maximum atomic E-state index is 11.2. The Kier molecular flexibility index (Phi) is 3.55. The third-order valence-electron chi connectivity index (χ3n) is 1.59. The van der Waals surface area contributed by atoms with E-state index in [9.17, 15) is 14.7 Å². The predicted octanol–water partition coefficient (Wildman–Crippen LogP) is -1.05. The first-order valence-corrected chi connectivity index (χ1v) is 4.05. The van der Waals surface area contributed by atoms with E-state index in [0.29, 0.717) is 0 Å². The quantitative estimate of drug-likeness (QED) is 0.604. The highest BCUT2D eigenvalue weighted by atomic mass is 16.5. The number of ether oxygens (including phenoxy) is 1. The van der Waals surface area contributed by atoms with Crippen LogP contribution in [-0.2, 0) is 14.3 Å². The lowest BCUT2D eigenvalue weighted by Gasteiger charge is -2.05. The molecule has 2 N–H and O–H groups in total. The number of hydrogen-bond acceptors (Lipinski definition) is 5. The Bertz CT molecular complexity index is 302. The van der Waals surface area contributed by atoms with E-state index in [0.717, 1.165) is 18.2 Å². The van der Waals surface area contributed by atoms with Gasteiger partial charge in [0.15, 0.2) is 11.5 Å². The average Bonchev–Trinajstić information content (AvgIpc) is 2.29. The first kappa shape index (κ1) is 10.6. The highest BCUT2D eigenvalue weighted by molar-refractivity contribution is 6.10. The summed E-state index contributed by atoms with van der Waals surface area (Å²) in [4.78, 5) is 22.1. The molecule has 14 heavy (non-hydrogen) atoms. The molecule has 0 saturated carbocycles. The average molecular weight is 198 g/mol. The molecular weight excluding hydrogens is 188 g/mol. The van der Waals surface area contributed by atoms with E-state index in [1.54, 1.807) is 0 Å². The van der Waals surface area contributed by atoms with Crippen LogP contribution < -0.4 is 0 Å². The van der Waals surface area contributed by atoms with E-state index in [-0.39, 0.29) is 19.0 Å². The minimum atomic E-state index is -1.36. The number of carbonyl (C=O) groups excluding carboxylic acids is 2. The summed E-state index contributed by atoms with van der Waals surface area (Å²) in [7, 11) is 0. The Balaban J connectivity index is 2.80. The number of allylic oxidation sites excluding steroid dienone is 1. The third-order valence-corrected chi connectivity index (χ3v) is 1.59. The minimum absolute atomic E-state index is 0.0493. The van der Waals surface area contributed by atoms with Crippen LogP contribution in [0.5, 0.6) is 0 Å². The molecule has 0 aromatic rings. The topological polar surface area (TPSA) is 83.8 Å². The number of ketones is 2. The summed E-state index contributed by atoms with van der Waals surface area (Å²) in [6.45, 7) is -0.287. The van der Waals surface area contributed by atoms with Gasteiger partial charge in [-0.25, -0.2) is 0 Å². The lowest BCUT2D eigenvalue weighted by atomic mass is 10.2. The summed E-state index contributed by atoms with van der Waals surface area (Å²) in [5.74, 6) is -1.18. The van der Waals surface area contributed by atoms with E-state index in [2.05, 4.69) is 0 Å². The van der Waals surface area contributed by atoms with Gasteiger partial charge in [-0.1, -0.05) is 0 Å². The van der Waals surface area contributed by atoms with E-state index in [1.165, 1.54) is 0 Å². The zero-order valence-corrected chi connectivity index (χ0v) is 7.34. The van der Waals surface area contributed by atoms with Gasteiger partial charge in [-0.05, 0) is 18.2 Å². The highest BCUT2D eigenvalue weighted by Gasteiger charge is 2.19. The van der Waals surface area contributed by atoms with Crippen LogP contribution in [-0.4, -0.2) is 41.1 Å². The molecule has 0 aliphatic heterocycles. The van der Waals surface area contributed by atoms with Crippen LogP contribution >= 0.6 is 0 Å². The van der Waals surface area contributed by atoms with Gasteiger partial charge in [0.25, 0.3) is 0 Å². The van der Waals surface area contributed by atoms with Gasteiger partial charge in [-0.2, -0.15) is 0 Å². The van der Waals surface area contributed by atoms with Gasteiger partial charge in [-0.15, -0.1) is 0 Å². The number of aliphatic hydroxyl groups excluding tert-OH is 2. The maximum absolute atomic E-state index is 11.2. The fraction of sp³-hybridized carbons (Fsp3) is 0.333. The summed E-state index contributed by atoms with van der Waals surface area (Å²) >= 11 is 0. The fourth-order valence-electron chi connectivity index (χ4n) is 0.921. The van der Waals surface area contributed by atoms with Crippen LogP contribution in [0.1, 0.15) is 0 Å². The van der Waals surface area contributed by atoms with Gasteiger partial charge in [0, 0.05) is 0 Å². The largest absolute Gasteiger partial charge is 0.487 e. The molecule has 0 heterocycles. The van der Waals surface area contributed by atoms with Crippen molar-refractivity contribution < 1.29 is 24.5 Å². The summed E-state index contributed by atoms with van der Waals surface area (Å²) < 4.78 is 4.84. The van der Waals surface area contributed by atoms with Gasteiger partial charge in [0.1, 0.15) is 12.7 Å². The van der Waals surface area contributed by atoms with E-state index in [1.807, 2.05) is 0 Å². The SMILES string of the molecule is O=C1C=CC(=O)C(O)C=C1OCCO. The van der Waals surface area contributed by atoms with E-state index in [4.69, 9.17) is 9.84 Å². The van der Waals surface area contributed by atoms with Gasteiger partial charge in [0.05, 0.1) is 6.61 Å². The van der Waals surface area contributed by atoms with Crippen molar-refractivity contribution in [1.29, 1.82) is 0 Å². The van der Waals surface area contributed by atoms with Crippen molar-refractivity contribution in [1.82, 2.24) is 0 Å².